The maximum Gasteiger partial charge on any atom is 0.338 e. The van der Waals surface area contributed by atoms with Crippen molar-refractivity contribution in [1.29, 1.82) is 0 Å². The van der Waals surface area contributed by atoms with Gasteiger partial charge in [-0.25, -0.2) is 9.59 Å². The summed E-state index contributed by atoms with van der Waals surface area (Å²) < 4.78 is 56.7. The largest absolute Gasteiger partial charge is 0.459 e. The zero-order valence-corrected chi connectivity index (χ0v) is 31.6. The van der Waals surface area contributed by atoms with Crippen LogP contribution >= 0.6 is 0 Å². The number of ether oxygens (including phenoxy) is 9. The Morgan fingerprint density at radius 3 is 1.49 bits per heavy atom. The van der Waals surface area contributed by atoms with Gasteiger partial charge in [-0.1, -0.05) is 127 Å². The predicted molar refractivity (Wildman–Crippen MR) is 208 cm³/mol. The average Bonchev–Trinajstić information content (AvgIpc) is 3.77. The van der Waals surface area contributed by atoms with Crippen molar-refractivity contribution in [2.45, 2.75) is 69.0 Å². The quantitative estimate of drug-likeness (QED) is 0.0863. The molecule has 0 aromatic heterocycles. The number of esters is 2. The van der Waals surface area contributed by atoms with Crippen molar-refractivity contribution in [2.24, 2.45) is 0 Å². The third kappa shape index (κ3) is 10.8. The van der Waals surface area contributed by atoms with Crippen LogP contribution in [0.1, 0.15) is 37.4 Å². The lowest BCUT2D eigenvalue weighted by Crippen LogP contribution is -2.46. The lowest BCUT2D eigenvalue weighted by molar-refractivity contribution is -0.225. The summed E-state index contributed by atoms with van der Waals surface area (Å²) in [5.41, 5.74) is 3.61. The van der Waals surface area contributed by atoms with Gasteiger partial charge in [0.15, 0.2) is 18.7 Å². The van der Waals surface area contributed by atoms with Gasteiger partial charge in [-0.15, -0.1) is 0 Å². The summed E-state index contributed by atoms with van der Waals surface area (Å²) in [5.74, 6) is -1.16. The maximum atomic E-state index is 13.5. The van der Waals surface area contributed by atoms with E-state index in [9.17, 15) is 9.59 Å². The lowest BCUT2D eigenvalue weighted by atomic mass is 10.1. The summed E-state index contributed by atoms with van der Waals surface area (Å²) in [7, 11) is 1.44. The van der Waals surface area contributed by atoms with Crippen LogP contribution in [0.15, 0.2) is 152 Å². The van der Waals surface area contributed by atoms with Crippen molar-refractivity contribution in [1.82, 2.24) is 0 Å². The van der Waals surface area contributed by atoms with Crippen LogP contribution in [0, 0.1) is 0 Å². The van der Waals surface area contributed by atoms with E-state index in [0.29, 0.717) is 17.7 Å². The number of rotatable bonds is 18. The van der Waals surface area contributed by atoms with Crippen LogP contribution in [-0.2, 0) is 62.5 Å². The van der Waals surface area contributed by atoms with Gasteiger partial charge < -0.3 is 42.6 Å². The first-order valence-corrected chi connectivity index (χ1v) is 19.0. The summed E-state index contributed by atoms with van der Waals surface area (Å²) in [6, 6.07) is 46.6. The van der Waals surface area contributed by atoms with Crippen LogP contribution in [0.3, 0.4) is 0 Å². The molecular formula is C46H46O11. The molecule has 0 amide bonds. The molecule has 2 fully saturated rings. The van der Waals surface area contributed by atoms with Crippen molar-refractivity contribution < 1.29 is 52.2 Å². The molecule has 0 spiro atoms. The monoisotopic (exact) mass is 774 g/mol. The molecule has 296 valence electrons. The molecule has 5 aromatic carbocycles. The molecule has 8 atom stereocenters. The highest BCUT2D eigenvalue weighted by Crippen LogP contribution is 2.36. The number of carbonyl (C=O) groups is 2. The van der Waals surface area contributed by atoms with Gasteiger partial charge in [0.2, 0.25) is 0 Å². The van der Waals surface area contributed by atoms with Crippen molar-refractivity contribution in [3.05, 3.63) is 179 Å². The minimum Gasteiger partial charge on any atom is -0.459 e. The second kappa shape index (κ2) is 20.3. The first-order chi connectivity index (χ1) is 28.1. The highest BCUT2D eigenvalue weighted by molar-refractivity contribution is 5.90. The van der Waals surface area contributed by atoms with E-state index >= 15 is 0 Å². The number of carbonyl (C=O) groups excluding carboxylic acids is 2. The van der Waals surface area contributed by atoms with Gasteiger partial charge in [-0.2, -0.15) is 0 Å². The SMILES string of the molecule is CO[C@H]1O[C@H](COC(=O)c2ccccc2)[C@@H](O[C@H]2O[C@H](COCc3ccccc3)[C@@H](OCc3ccccc3)[C@@H]2OCc2ccccc2)[C@@H]1OC(=O)c1ccccc1. The molecule has 0 aliphatic carbocycles. The van der Waals surface area contributed by atoms with Gasteiger partial charge in [0, 0.05) is 7.11 Å². The Labute approximate surface area is 332 Å². The van der Waals surface area contributed by atoms with Crippen LogP contribution in [0.5, 0.6) is 0 Å². The van der Waals surface area contributed by atoms with Crippen LogP contribution in [0.4, 0.5) is 0 Å². The van der Waals surface area contributed by atoms with Gasteiger partial charge in [0.05, 0.1) is 37.6 Å². The highest BCUT2D eigenvalue weighted by Gasteiger charge is 2.54. The van der Waals surface area contributed by atoms with E-state index < -0.39 is 61.1 Å². The van der Waals surface area contributed by atoms with Crippen molar-refractivity contribution in [3.8, 4) is 0 Å². The summed E-state index contributed by atoms with van der Waals surface area (Å²) >= 11 is 0. The van der Waals surface area contributed by atoms with Crippen molar-refractivity contribution in [3.63, 3.8) is 0 Å². The fourth-order valence-electron chi connectivity index (χ4n) is 6.75. The molecule has 0 bridgehead atoms. The zero-order valence-electron chi connectivity index (χ0n) is 31.6. The molecule has 0 unspecified atom stereocenters. The minimum absolute atomic E-state index is 0.159. The molecule has 0 saturated carbocycles. The molecule has 7 rings (SSSR count). The third-order valence-electron chi connectivity index (χ3n) is 9.66. The van der Waals surface area contributed by atoms with Gasteiger partial charge in [-0.3, -0.25) is 0 Å². The second-order valence-electron chi connectivity index (χ2n) is 13.6. The van der Waals surface area contributed by atoms with Crippen molar-refractivity contribution >= 4 is 11.9 Å². The number of methoxy groups -OCH3 is 1. The first-order valence-electron chi connectivity index (χ1n) is 19.0. The van der Waals surface area contributed by atoms with Crippen LogP contribution in [0.25, 0.3) is 0 Å². The summed E-state index contributed by atoms with van der Waals surface area (Å²) in [6.45, 7) is 0.772. The molecule has 57 heavy (non-hydrogen) atoms. The Balaban J connectivity index is 1.17. The molecule has 2 saturated heterocycles. The molecule has 11 nitrogen and oxygen atoms in total. The van der Waals surface area contributed by atoms with E-state index in [2.05, 4.69) is 0 Å². The van der Waals surface area contributed by atoms with Gasteiger partial charge in [-0.05, 0) is 41.0 Å². The predicted octanol–water partition coefficient (Wildman–Crippen LogP) is 6.94. The highest BCUT2D eigenvalue weighted by atomic mass is 16.8. The molecule has 5 aromatic rings. The summed E-state index contributed by atoms with van der Waals surface area (Å²) in [6.07, 6.45) is -7.31. The Kier molecular flexibility index (Phi) is 14.2. The third-order valence-corrected chi connectivity index (χ3v) is 9.66. The second-order valence-corrected chi connectivity index (χ2v) is 13.6. The van der Waals surface area contributed by atoms with Crippen LogP contribution in [-0.4, -0.2) is 81.5 Å². The van der Waals surface area contributed by atoms with E-state index in [4.69, 9.17) is 42.6 Å². The van der Waals surface area contributed by atoms with E-state index in [1.807, 2.05) is 97.1 Å². The van der Waals surface area contributed by atoms with E-state index in [1.165, 1.54) is 7.11 Å². The first kappa shape index (κ1) is 40.0. The minimum atomic E-state index is -1.10. The lowest BCUT2D eigenvalue weighted by Gasteiger charge is -2.29. The molecule has 0 N–H and O–H groups in total. The van der Waals surface area contributed by atoms with Crippen LogP contribution < -0.4 is 0 Å². The molecule has 11 heteroatoms. The van der Waals surface area contributed by atoms with Gasteiger partial charge >= 0.3 is 11.9 Å². The van der Waals surface area contributed by atoms with E-state index in [0.717, 1.165) is 16.7 Å². The Hall–Kier alpha value is -5.24. The van der Waals surface area contributed by atoms with Crippen LogP contribution in [0.2, 0.25) is 0 Å². The standard InChI is InChI=1S/C46H46O11/c1-49-45-42(56-44(48)36-25-15-6-16-26-36)40(38(54-45)31-53-43(47)35-23-13-5-14-24-35)57-46-41(52-29-34-21-11-4-12-22-34)39(51-28-33-19-9-3-10-20-33)37(55-46)30-50-27-32-17-7-2-8-18-32/h2-26,37-42,45-46H,27-31H2,1H3/t37-,38-,39-,40-,41+,42+,45+,46-/m1/s1. The van der Waals surface area contributed by atoms with Crippen molar-refractivity contribution in [2.75, 3.05) is 20.3 Å². The summed E-state index contributed by atoms with van der Waals surface area (Å²) in [4.78, 5) is 26.6. The average molecular weight is 775 g/mol. The molecule has 0 radical (unpaired) electrons. The van der Waals surface area contributed by atoms with Gasteiger partial charge in [0.1, 0.15) is 37.1 Å². The molecular weight excluding hydrogens is 728 g/mol. The Morgan fingerprint density at radius 2 is 0.947 bits per heavy atom. The summed E-state index contributed by atoms with van der Waals surface area (Å²) in [5, 5.41) is 0. The molecule has 2 heterocycles. The number of hydrogen-bond donors (Lipinski definition) is 0. The number of hydrogen-bond acceptors (Lipinski definition) is 11. The number of benzene rings is 5. The van der Waals surface area contributed by atoms with E-state index in [-0.39, 0.29) is 26.4 Å². The fraction of sp³-hybridized carbons (Fsp3) is 0.304. The van der Waals surface area contributed by atoms with E-state index in [1.54, 1.807) is 54.6 Å². The topological polar surface area (TPSA) is 117 Å². The zero-order chi connectivity index (χ0) is 39.2. The Morgan fingerprint density at radius 1 is 0.491 bits per heavy atom. The molecule has 2 aliphatic rings. The van der Waals surface area contributed by atoms with Gasteiger partial charge in [0.25, 0.3) is 0 Å². The fourth-order valence-corrected chi connectivity index (χ4v) is 6.75. The molecule has 2 aliphatic heterocycles. The Bertz CT molecular complexity index is 1950. The smallest absolute Gasteiger partial charge is 0.338 e. The maximum absolute atomic E-state index is 13.5. The normalized spacial score (nSPS) is 24.2.